The lowest BCUT2D eigenvalue weighted by Gasteiger charge is -2.22. The van der Waals surface area contributed by atoms with Crippen molar-refractivity contribution < 1.29 is 13.9 Å². The van der Waals surface area contributed by atoms with Crippen LogP contribution in [0.2, 0.25) is 0 Å². The highest BCUT2D eigenvalue weighted by atomic mass is 79.9. The summed E-state index contributed by atoms with van der Waals surface area (Å²) in [5.41, 5.74) is 2.73. The molecule has 0 aliphatic carbocycles. The van der Waals surface area contributed by atoms with Crippen LogP contribution in [-0.4, -0.2) is 35.1 Å². The highest BCUT2D eigenvalue weighted by molar-refractivity contribution is 9.10. The quantitative estimate of drug-likeness (QED) is 0.590. The van der Waals surface area contributed by atoms with Gasteiger partial charge in [-0.05, 0) is 71.9 Å². The van der Waals surface area contributed by atoms with E-state index in [2.05, 4.69) is 31.5 Å². The van der Waals surface area contributed by atoms with Gasteiger partial charge < -0.3 is 19.8 Å². The minimum absolute atomic E-state index is 0.158. The zero-order chi connectivity index (χ0) is 20.4. The van der Waals surface area contributed by atoms with Gasteiger partial charge in [-0.1, -0.05) is 0 Å². The molecule has 1 fully saturated rings. The Morgan fingerprint density at radius 3 is 2.86 bits per heavy atom. The largest absolute Gasteiger partial charge is 0.381 e. The minimum Gasteiger partial charge on any atom is -0.381 e. The Balaban J connectivity index is 1.58. The number of ether oxygens (including phenoxy) is 1. The Morgan fingerprint density at radius 1 is 1.31 bits per heavy atom. The molecule has 0 radical (unpaired) electrons. The number of aromatic nitrogens is 2. The van der Waals surface area contributed by atoms with Crippen LogP contribution in [0.25, 0.3) is 5.52 Å². The number of carbonyl (C=O) groups is 1. The molecule has 29 heavy (non-hydrogen) atoms. The second-order valence-electron chi connectivity index (χ2n) is 7.21. The molecule has 1 saturated heterocycles. The molecule has 0 bridgehead atoms. The zero-order valence-electron chi connectivity index (χ0n) is 16.0. The number of carbonyl (C=O) groups excluding carboxylic acids is 1. The third-order valence-electron chi connectivity index (χ3n) is 5.18. The summed E-state index contributed by atoms with van der Waals surface area (Å²) in [5.74, 6) is 0.479. The van der Waals surface area contributed by atoms with Gasteiger partial charge in [0.15, 0.2) is 5.82 Å². The van der Waals surface area contributed by atoms with E-state index < -0.39 is 0 Å². The van der Waals surface area contributed by atoms with Crippen molar-refractivity contribution in [3.05, 3.63) is 58.2 Å². The summed E-state index contributed by atoms with van der Waals surface area (Å²) in [6.07, 6.45) is 3.48. The number of anilines is 2. The van der Waals surface area contributed by atoms with E-state index in [4.69, 9.17) is 4.74 Å². The molecule has 3 aromatic rings. The second-order valence-corrected chi connectivity index (χ2v) is 8.06. The Hall–Kier alpha value is -2.45. The average molecular weight is 461 g/mol. The molecule has 2 aromatic heterocycles. The second kappa shape index (κ2) is 8.51. The summed E-state index contributed by atoms with van der Waals surface area (Å²) in [6.45, 7) is 4.06. The van der Waals surface area contributed by atoms with Gasteiger partial charge >= 0.3 is 0 Å². The third kappa shape index (κ3) is 4.28. The molecular weight excluding hydrogens is 439 g/mol. The lowest BCUT2D eigenvalue weighted by molar-refractivity contribution is 0.0642. The van der Waals surface area contributed by atoms with Crippen molar-refractivity contribution >= 4 is 38.9 Å². The van der Waals surface area contributed by atoms with Crippen LogP contribution in [0.5, 0.6) is 0 Å². The Bertz CT molecular complexity index is 1050. The number of hydrogen-bond donors (Lipinski definition) is 2. The maximum Gasteiger partial charge on any atom is 0.269 e. The summed E-state index contributed by atoms with van der Waals surface area (Å²) in [6, 6.07) is 8.62. The third-order valence-corrected chi connectivity index (χ3v) is 5.83. The van der Waals surface area contributed by atoms with Gasteiger partial charge in [0.1, 0.15) is 11.5 Å². The number of halogens is 2. The number of fused-ring (bicyclic) bond motifs is 1. The molecule has 152 valence electrons. The number of benzene rings is 1. The SMILES string of the molecule is Cc1ccc2c(Nc3ccc(Br)c(F)c3)ncc(C(=O)NCC3CCOCC3)n12. The highest BCUT2D eigenvalue weighted by Gasteiger charge is 2.19. The molecule has 1 amide bonds. The van der Waals surface area contributed by atoms with Gasteiger partial charge in [-0.2, -0.15) is 0 Å². The predicted octanol–water partition coefficient (Wildman–Crippen LogP) is 4.44. The fraction of sp³-hybridized carbons (Fsp3) is 0.333. The van der Waals surface area contributed by atoms with Gasteiger partial charge in [0.05, 0.1) is 16.2 Å². The molecule has 1 aliphatic heterocycles. The number of nitrogens with one attached hydrogen (secondary N) is 2. The first kappa shape index (κ1) is 19.8. The van der Waals surface area contributed by atoms with Crippen LogP contribution in [0.3, 0.4) is 0 Å². The van der Waals surface area contributed by atoms with Crippen LogP contribution in [-0.2, 0) is 4.74 Å². The van der Waals surface area contributed by atoms with Crippen molar-refractivity contribution in [3.63, 3.8) is 0 Å². The Kier molecular flexibility index (Phi) is 5.82. The van der Waals surface area contributed by atoms with Gasteiger partial charge in [0, 0.05) is 31.1 Å². The van der Waals surface area contributed by atoms with Gasteiger partial charge in [-0.25, -0.2) is 9.37 Å². The Morgan fingerprint density at radius 2 is 2.10 bits per heavy atom. The lowest BCUT2D eigenvalue weighted by atomic mass is 10.0. The van der Waals surface area contributed by atoms with Crippen LogP contribution in [0, 0.1) is 18.7 Å². The van der Waals surface area contributed by atoms with Gasteiger partial charge in [-0.3, -0.25) is 4.79 Å². The monoisotopic (exact) mass is 460 g/mol. The molecule has 2 N–H and O–H groups in total. The first-order chi connectivity index (χ1) is 14.0. The fourth-order valence-corrected chi connectivity index (χ4v) is 3.78. The van der Waals surface area contributed by atoms with Crippen molar-refractivity contribution in [2.75, 3.05) is 25.1 Å². The fourth-order valence-electron chi connectivity index (χ4n) is 3.54. The first-order valence-corrected chi connectivity index (χ1v) is 10.4. The first-order valence-electron chi connectivity index (χ1n) is 9.58. The molecule has 0 spiro atoms. The molecule has 0 unspecified atom stereocenters. The Labute approximate surface area is 176 Å². The van der Waals surface area contributed by atoms with Crippen LogP contribution in [0.4, 0.5) is 15.9 Å². The van der Waals surface area contributed by atoms with Crippen LogP contribution in [0.15, 0.2) is 41.0 Å². The van der Waals surface area contributed by atoms with E-state index >= 15 is 0 Å². The maximum atomic E-state index is 13.8. The van der Waals surface area contributed by atoms with Gasteiger partial charge in [0.25, 0.3) is 5.91 Å². The topological polar surface area (TPSA) is 67.7 Å². The number of rotatable bonds is 5. The van der Waals surface area contributed by atoms with E-state index in [0.29, 0.717) is 34.1 Å². The molecule has 4 rings (SSSR count). The van der Waals surface area contributed by atoms with Crippen LogP contribution in [0.1, 0.15) is 29.0 Å². The molecule has 0 saturated carbocycles. The predicted molar refractivity (Wildman–Crippen MR) is 113 cm³/mol. The van der Waals surface area contributed by atoms with Gasteiger partial charge in [-0.15, -0.1) is 0 Å². The summed E-state index contributed by atoms with van der Waals surface area (Å²) >= 11 is 3.15. The van der Waals surface area contributed by atoms with Crippen molar-refractivity contribution in [2.45, 2.75) is 19.8 Å². The number of hydrogen-bond acceptors (Lipinski definition) is 4. The minimum atomic E-state index is -0.360. The van der Waals surface area contributed by atoms with E-state index in [1.54, 1.807) is 18.3 Å². The van der Waals surface area contributed by atoms with E-state index in [-0.39, 0.29) is 11.7 Å². The summed E-state index contributed by atoms with van der Waals surface area (Å²) < 4.78 is 21.5. The van der Waals surface area contributed by atoms with E-state index in [1.807, 2.05) is 23.5 Å². The molecule has 3 heterocycles. The van der Waals surface area contributed by atoms with Crippen molar-refractivity contribution in [3.8, 4) is 0 Å². The van der Waals surface area contributed by atoms with Crippen LogP contribution < -0.4 is 10.6 Å². The van der Waals surface area contributed by atoms with E-state index in [1.165, 1.54) is 6.07 Å². The smallest absolute Gasteiger partial charge is 0.269 e. The van der Waals surface area contributed by atoms with E-state index in [0.717, 1.165) is 37.3 Å². The number of nitrogens with zero attached hydrogens (tertiary/aromatic N) is 2. The lowest BCUT2D eigenvalue weighted by Crippen LogP contribution is -2.33. The number of aryl methyl sites for hydroxylation is 1. The molecule has 6 nitrogen and oxygen atoms in total. The highest BCUT2D eigenvalue weighted by Crippen LogP contribution is 2.26. The van der Waals surface area contributed by atoms with Crippen molar-refractivity contribution in [1.29, 1.82) is 0 Å². The maximum absolute atomic E-state index is 13.8. The molecule has 8 heteroatoms. The molecule has 0 atom stereocenters. The standard InChI is InChI=1S/C21H22BrFN4O2/c1-13-2-5-18-20(26-15-3-4-16(22)17(23)10-15)24-12-19(27(13)18)21(28)25-11-14-6-8-29-9-7-14/h2-5,10,12,14H,6-9,11H2,1H3,(H,24,26)(H,25,28). The average Bonchev–Trinajstić information content (AvgIpc) is 3.12. The normalized spacial score (nSPS) is 14.9. The molecule has 1 aromatic carbocycles. The molecule has 1 aliphatic rings. The summed E-state index contributed by atoms with van der Waals surface area (Å²) in [7, 11) is 0. The number of amides is 1. The van der Waals surface area contributed by atoms with Crippen molar-refractivity contribution in [1.82, 2.24) is 14.7 Å². The van der Waals surface area contributed by atoms with Crippen LogP contribution >= 0.6 is 15.9 Å². The zero-order valence-corrected chi connectivity index (χ0v) is 17.6. The summed E-state index contributed by atoms with van der Waals surface area (Å²) in [5, 5.41) is 6.17. The van der Waals surface area contributed by atoms with E-state index in [9.17, 15) is 9.18 Å². The molecular formula is C21H22BrFN4O2. The summed E-state index contributed by atoms with van der Waals surface area (Å²) in [4.78, 5) is 17.3. The van der Waals surface area contributed by atoms with Gasteiger partial charge in [0.2, 0.25) is 0 Å². The van der Waals surface area contributed by atoms with Crippen molar-refractivity contribution in [2.24, 2.45) is 5.92 Å².